The average Bonchev–Trinajstić information content (AvgIpc) is 3.34. The molecule has 0 amide bonds. The van der Waals surface area contributed by atoms with Gasteiger partial charge in [0, 0.05) is 12.8 Å². The summed E-state index contributed by atoms with van der Waals surface area (Å²) in [6, 6.07) is 0. The van der Waals surface area contributed by atoms with Gasteiger partial charge in [-0.15, -0.1) is 0 Å². The van der Waals surface area contributed by atoms with Crippen molar-refractivity contribution < 1.29 is 42.1 Å². The quantitative estimate of drug-likeness (QED) is 0.0211. The van der Waals surface area contributed by atoms with E-state index in [1.54, 1.807) is 0 Å². The van der Waals surface area contributed by atoms with Gasteiger partial charge < -0.3 is 18.9 Å². The Morgan fingerprint density at radius 2 is 0.792 bits per heavy atom. The Labute approximate surface area is 442 Å². The van der Waals surface area contributed by atoms with Crippen LogP contribution in [0.2, 0.25) is 0 Å². The molecule has 0 heterocycles. The molecule has 0 fully saturated rings. The van der Waals surface area contributed by atoms with Crippen LogP contribution in [-0.4, -0.2) is 74.9 Å². The molecule has 0 bridgehead atoms. The first-order valence-corrected chi connectivity index (χ1v) is 30.1. The van der Waals surface area contributed by atoms with Crippen LogP contribution in [0.15, 0.2) is 109 Å². The van der Waals surface area contributed by atoms with Crippen molar-refractivity contribution in [2.24, 2.45) is 0 Å². The second kappa shape index (κ2) is 52.5. The number of ether oxygens (including phenoxy) is 2. The highest BCUT2D eigenvalue weighted by atomic mass is 31.2. The molecule has 72 heavy (non-hydrogen) atoms. The first-order chi connectivity index (χ1) is 35.0. The molecular formula is C62H107NO8P+. The van der Waals surface area contributed by atoms with Crippen LogP contribution in [0, 0.1) is 0 Å². The number of carbonyl (C=O) groups excluding carboxylic acids is 2. The molecule has 2 atom stereocenters. The lowest BCUT2D eigenvalue weighted by molar-refractivity contribution is -0.870. The third kappa shape index (κ3) is 56.0. The first-order valence-electron chi connectivity index (χ1n) is 28.6. The van der Waals surface area contributed by atoms with Gasteiger partial charge in [-0.05, 0) is 103 Å². The van der Waals surface area contributed by atoms with Gasteiger partial charge >= 0.3 is 19.8 Å². The summed E-state index contributed by atoms with van der Waals surface area (Å²) in [6.45, 7) is 4.27. The number of hydrogen-bond donors (Lipinski definition) is 1. The van der Waals surface area contributed by atoms with Crippen molar-refractivity contribution in [1.82, 2.24) is 0 Å². The number of rotatable bonds is 51. The van der Waals surface area contributed by atoms with Gasteiger partial charge in [-0.1, -0.05) is 213 Å². The maximum absolute atomic E-state index is 12.8. The van der Waals surface area contributed by atoms with Gasteiger partial charge in [0.1, 0.15) is 19.8 Å². The van der Waals surface area contributed by atoms with Crippen molar-refractivity contribution >= 4 is 19.8 Å². The van der Waals surface area contributed by atoms with Crippen LogP contribution in [0.1, 0.15) is 219 Å². The molecule has 0 aliphatic heterocycles. The van der Waals surface area contributed by atoms with E-state index in [4.69, 9.17) is 18.5 Å². The number of quaternary nitrogens is 1. The SMILES string of the molecule is CC/C=C\C/C=C\C/C=C\C/C=C\C/C=C\C/C=C\CCCCCCCCC(=O)OC(COC(=O)CCCCCCCCCC/C=C\C/C=C\C/C=C\CCCCCCC)COP(=O)(O)OCC[N+](C)(C)C. The van der Waals surface area contributed by atoms with E-state index in [0.29, 0.717) is 17.4 Å². The third-order valence-electron chi connectivity index (χ3n) is 11.8. The Hall–Kier alpha value is -3.33. The average molecular weight is 1030 g/mol. The van der Waals surface area contributed by atoms with Crippen molar-refractivity contribution in [1.29, 1.82) is 0 Å². The summed E-state index contributed by atoms with van der Waals surface area (Å²) in [5.41, 5.74) is 0. The van der Waals surface area contributed by atoms with Crippen LogP contribution in [0.5, 0.6) is 0 Å². The monoisotopic (exact) mass is 1020 g/mol. The van der Waals surface area contributed by atoms with Crippen LogP contribution >= 0.6 is 7.82 Å². The number of phosphoric ester groups is 1. The van der Waals surface area contributed by atoms with Crippen LogP contribution < -0.4 is 0 Å². The molecule has 412 valence electrons. The molecule has 0 radical (unpaired) electrons. The highest BCUT2D eigenvalue weighted by Gasteiger charge is 2.27. The van der Waals surface area contributed by atoms with Crippen molar-refractivity contribution in [3.05, 3.63) is 109 Å². The minimum absolute atomic E-state index is 0.0210. The minimum Gasteiger partial charge on any atom is -0.462 e. The zero-order chi connectivity index (χ0) is 52.7. The lowest BCUT2D eigenvalue weighted by atomic mass is 10.1. The number of hydrogen-bond acceptors (Lipinski definition) is 7. The molecule has 0 saturated heterocycles. The van der Waals surface area contributed by atoms with Crippen molar-refractivity contribution in [2.75, 3.05) is 47.5 Å². The molecule has 2 unspecified atom stereocenters. The normalized spacial score (nSPS) is 14.1. The topological polar surface area (TPSA) is 108 Å². The van der Waals surface area contributed by atoms with E-state index in [1.807, 2.05) is 21.1 Å². The van der Waals surface area contributed by atoms with Gasteiger partial charge in [-0.25, -0.2) is 4.57 Å². The van der Waals surface area contributed by atoms with E-state index in [2.05, 4.69) is 123 Å². The number of allylic oxidation sites excluding steroid dienone is 18. The summed E-state index contributed by atoms with van der Waals surface area (Å²) in [6.07, 6.45) is 72.9. The predicted octanol–water partition coefficient (Wildman–Crippen LogP) is 17.8. The summed E-state index contributed by atoms with van der Waals surface area (Å²) < 4.78 is 34.5. The molecule has 1 N–H and O–H groups in total. The van der Waals surface area contributed by atoms with Gasteiger partial charge in [0.15, 0.2) is 6.10 Å². The predicted molar refractivity (Wildman–Crippen MR) is 307 cm³/mol. The number of likely N-dealkylation sites (N-methyl/N-ethyl adjacent to an activating group) is 1. The second-order valence-corrected chi connectivity index (χ2v) is 21.4. The van der Waals surface area contributed by atoms with E-state index in [1.165, 1.54) is 64.2 Å². The second-order valence-electron chi connectivity index (χ2n) is 19.9. The van der Waals surface area contributed by atoms with Crippen LogP contribution in [0.4, 0.5) is 0 Å². The molecule has 0 aromatic carbocycles. The Balaban J connectivity index is 4.27. The lowest BCUT2D eigenvalue weighted by Gasteiger charge is -2.24. The Morgan fingerprint density at radius 3 is 1.18 bits per heavy atom. The van der Waals surface area contributed by atoms with Gasteiger partial charge in [0.2, 0.25) is 0 Å². The summed E-state index contributed by atoms with van der Waals surface area (Å²) in [4.78, 5) is 35.7. The van der Waals surface area contributed by atoms with Crippen LogP contribution in [-0.2, 0) is 32.7 Å². The lowest BCUT2D eigenvalue weighted by Crippen LogP contribution is -2.37. The number of nitrogens with zero attached hydrogens (tertiary/aromatic N) is 1. The number of unbranched alkanes of at least 4 members (excludes halogenated alkanes) is 19. The fourth-order valence-electron chi connectivity index (χ4n) is 7.38. The van der Waals surface area contributed by atoms with Crippen LogP contribution in [0.3, 0.4) is 0 Å². The van der Waals surface area contributed by atoms with E-state index in [0.717, 1.165) is 122 Å². The van der Waals surface area contributed by atoms with Crippen molar-refractivity contribution in [3.63, 3.8) is 0 Å². The van der Waals surface area contributed by atoms with Crippen LogP contribution in [0.25, 0.3) is 0 Å². The molecule has 10 heteroatoms. The molecule has 0 aliphatic carbocycles. The standard InChI is InChI=1S/C62H106NO8P/c1-6-8-10-12-14-16-18-20-22-24-26-28-30-31-33-35-37-39-41-43-45-47-49-51-53-55-62(65)71-60(59-70-72(66,67)69-57-56-63(3,4)5)58-68-61(64)54-52-50-48-46-44-42-40-38-36-34-32-29-27-25-23-21-19-17-15-13-11-9-7-2/h8,10,14,16,19-22,25-28,31-34,37,39,60H,6-7,9,11-13,15,17-18,23-24,29-30,35-36,38,40-59H2,1-5H3/p+1/b10-8-,16-14-,21-19-,22-20-,27-25-,28-26-,33-31-,34-32-,39-37-. The van der Waals surface area contributed by atoms with E-state index < -0.39 is 26.5 Å². The number of esters is 2. The molecule has 9 nitrogen and oxygen atoms in total. The van der Waals surface area contributed by atoms with E-state index in [9.17, 15) is 19.0 Å². The molecule has 0 rings (SSSR count). The minimum atomic E-state index is -4.40. The molecule has 0 aliphatic rings. The zero-order valence-corrected chi connectivity index (χ0v) is 47.5. The molecule has 0 aromatic rings. The van der Waals surface area contributed by atoms with Gasteiger partial charge in [-0.3, -0.25) is 18.6 Å². The first kappa shape index (κ1) is 68.7. The zero-order valence-electron chi connectivity index (χ0n) is 46.6. The van der Waals surface area contributed by atoms with Gasteiger partial charge in [0.05, 0.1) is 27.7 Å². The maximum atomic E-state index is 12.8. The van der Waals surface area contributed by atoms with Crippen molar-refractivity contribution in [3.8, 4) is 0 Å². The highest BCUT2D eigenvalue weighted by Crippen LogP contribution is 2.43. The third-order valence-corrected chi connectivity index (χ3v) is 12.8. The molecule has 0 spiro atoms. The molecule has 0 aromatic heterocycles. The maximum Gasteiger partial charge on any atom is 0.472 e. The van der Waals surface area contributed by atoms with Gasteiger partial charge in [-0.2, -0.15) is 0 Å². The Morgan fingerprint density at radius 1 is 0.444 bits per heavy atom. The molecule has 0 saturated carbocycles. The molecular weight excluding hydrogens is 918 g/mol. The number of phosphoric acid groups is 1. The fraction of sp³-hybridized carbons (Fsp3) is 0.677. The summed E-state index contributed by atoms with van der Waals surface area (Å²) in [5, 5.41) is 0. The van der Waals surface area contributed by atoms with E-state index in [-0.39, 0.29) is 32.0 Å². The fourth-order valence-corrected chi connectivity index (χ4v) is 8.12. The highest BCUT2D eigenvalue weighted by molar-refractivity contribution is 7.47. The summed E-state index contributed by atoms with van der Waals surface area (Å²) >= 11 is 0. The Kier molecular flexibility index (Phi) is 50.1. The summed E-state index contributed by atoms with van der Waals surface area (Å²) in [7, 11) is 1.45. The van der Waals surface area contributed by atoms with Gasteiger partial charge in [0.25, 0.3) is 0 Å². The van der Waals surface area contributed by atoms with Crippen molar-refractivity contribution in [2.45, 2.75) is 225 Å². The summed E-state index contributed by atoms with van der Waals surface area (Å²) in [5.74, 6) is -0.829. The van der Waals surface area contributed by atoms with E-state index >= 15 is 0 Å². The smallest absolute Gasteiger partial charge is 0.462 e. The Bertz CT molecular complexity index is 1580. The largest absolute Gasteiger partial charge is 0.472 e. The number of carbonyl (C=O) groups is 2.